The summed E-state index contributed by atoms with van der Waals surface area (Å²) in [7, 11) is 0. The highest BCUT2D eigenvalue weighted by Crippen LogP contribution is 2.25. The Hall–Kier alpha value is -2.79. The van der Waals surface area contributed by atoms with Crippen molar-refractivity contribution in [3.8, 4) is 5.75 Å². The van der Waals surface area contributed by atoms with E-state index in [4.69, 9.17) is 16.3 Å². The van der Waals surface area contributed by atoms with Crippen molar-refractivity contribution in [3.05, 3.63) is 69.8 Å². The highest BCUT2D eigenvalue weighted by atomic mass is 35.5. The minimum Gasteiger partial charge on any atom is -0.484 e. The molecule has 0 aliphatic carbocycles. The highest BCUT2D eigenvalue weighted by molar-refractivity contribution is 6.32. The van der Waals surface area contributed by atoms with E-state index < -0.39 is 11.8 Å². The molecular formula is C20H21ClN2O3. The Morgan fingerprint density at radius 3 is 2.27 bits per heavy atom. The summed E-state index contributed by atoms with van der Waals surface area (Å²) in [5.74, 6) is -0.352. The minimum absolute atomic E-state index is 0.220. The second-order valence-electron chi connectivity index (χ2n) is 5.94. The molecule has 2 aromatic rings. The Balaban J connectivity index is 1.77. The number of halogens is 1. The minimum atomic E-state index is -0.465. The van der Waals surface area contributed by atoms with Crippen LogP contribution in [0.25, 0.3) is 6.08 Å². The number of hydrogen-bond donors (Lipinski definition) is 2. The Morgan fingerprint density at radius 1 is 1.04 bits per heavy atom. The predicted octanol–water partition coefficient (Wildman–Crippen LogP) is 3.50. The van der Waals surface area contributed by atoms with Crippen molar-refractivity contribution in [3.63, 3.8) is 0 Å². The fraction of sp³-hybridized carbons (Fsp3) is 0.200. The van der Waals surface area contributed by atoms with E-state index in [1.54, 1.807) is 18.2 Å². The van der Waals surface area contributed by atoms with Crippen molar-refractivity contribution in [2.75, 3.05) is 6.61 Å². The third kappa shape index (κ3) is 5.93. The zero-order valence-electron chi connectivity index (χ0n) is 14.9. The number of rotatable bonds is 5. The van der Waals surface area contributed by atoms with Gasteiger partial charge in [-0.3, -0.25) is 20.4 Å². The van der Waals surface area contributed by atoms with Gasteiger partial charge >= 0.3 is 0 Å². The van der Waals surface area contributed by atoms with E-state index in [2.05, 4.69) is 10.9 Å². The lowest BCUT2D eigenvalue weighted by molar-refractivity contribution is -0.128. The molecule has 2 rings (SSSR count). The maximum absolute atomic E-state index is 11.8. The van der Waals surface area contributed by atoms with Gasteiger partial charge in [-0.25, -0.2) is 0 Å². The van der Waals surface area contributed by atoms with Crippen LogP contribution in [0.2, 0.25) is 5.02 Å². The molecule has 2 amide bonds. The predicted molar refractivity (Wildman–Crippen MR) is 103 cm³/mol. The molecule has 6 heteroatoms. The van der Waals surface area contributed by atoms with E-state index in [1.807, 2.05) is 45.0 Å². The van der Waals surface area contributed by atoms with Gasteiger partial charge in [-0.2, -0.15) is 0 Å². The van der Waals surface area contributed by atoms with E-state index in [-0.39, 0.29) is 6.61 Å². The molecule has 0 aromatic heterocycles. The average Bonchev–Trinajstić information content (AvgIpc) is 2.62. The molecule has 2 aromatic carbocycles. The van der Waals surface area contributed by atoms with Crippen LogP contribution in [0.4, 0.5) is 0 Å². The van der Waals surface area contributed by atoms with Crippen molar-refractivity contribution in [1.82, 2.24) is 10.9 Å². The van der Waals surface area contributed by atoms with Crippen molar-refractivity contribution in [1.29, 1.82) is 0 Å². The lowest BCUT2D eigenvalue weighted by atomic mass is 10.1. The van der Waals surface area contributed by atoms with E-state index in [9.17, 15) is 9.59 Å². The van der Waals surface area contributed by atoms with Crippen LogP contribution in [-0.2, 0) is 9.59 Å². The number of ether oxygens (including phenoxy) is 1. The molecule has 0 saturated carbocycles. The first-order valence-electron chi connectivity index (χ1n) is 8.08. The summed E-state index contributed by atoms with van der Waals surface area (Å²) in [4.78, 5) is 23.5. The first kappa shape index (κ1) is 19.5. The molecule has 0 unspecified atom stereocenters. The topological polar surface area (TPSA) is 67.4 Å². The van der Waals surface area contributed by atoms with Gasteiger partial charge in [-0.05, 0) is 55.7 Å². The van der Waals surface area contributed by atoms with Gasteiger partial charge in [0.05, 0.1) is 0 Å². The quantitative estimate of drug-likeness (QED) is 0.623. The fourth-order valence-electron chi connectivity index (χ4n) is 2.20. The Bertz CT molecular complexity index is 806. The molecule has 0 radical (unpaired) electrons. The number of carbonyl (C=O) groups is 2. The largest absolute Gasteiger partial charge is 0.484 e. The molecule has 26 heavy (non-hydrogen) atoms. The maximum atomic E-state index is 11.8. The number of benzene rings is 2. The Kier molecular flexibility index (Phi) is 6.81. The van der Waals surface area contributed by atoms with Gasteiger partial charge in [0, 0.05) is 11.1 Å². The Labute approximate surface area is 158 Å². The Morgan fingerprint density at radius 2 is 1.65 bits per heavy atom. The van der Waals surface area contributed by atoms with Crippen LogP contribution >= 0.6 is 11.6 Å². The molecule has 0 saturated heterocycles. The standard InChI is InChI=1S/C20H21ClN2O3/c1-13-4-6-16(7-5-13)8-9-18(24)22-23-19(25)12-26-17-10-14(2)20(21)15(3)11-17/h4-11H,12H2,1-3H3,(H,22,24)(H,23,25). The van der Waals surface area contributed by atoms with Crippen LogP contribution in [0.5, 0.6) is 5.75 Å². The normalized spacial score (nSPS) is 10.6. The van der Waals surface area contributed by atoms with Gasteiger partial charge in [0.15, 0.2) is 6.61 Å². The molecule has 136 valence electrons. The van der Waals surface area contributed by atoms with Gasteiger partial charge in [0.1, 0.15) is 5.75 Å². The van der Waals surface area contributed by atoms with Crippen LogP contribution in [0.15, 0.2) is 42.5 Å². The SMILES string of the molecule is Cc1ccc(C=CC(=O)NNC(=O)COc2cc(C)c(Cl)c(C)c2)cc1. The van der Waals surface area contributed by atoms with Crippen molar-refractivity contribution < 1.29 is 14.3 Å². The molecule has 5 nitrogen and oxygen atoms in total. The molecule has 2 N–H and O–H groups in total. The zero-order chi connectivity index (χ0) is 19.1. The van der Waals surface area contributed by atoms with Crippen LogP contribution < -0.4 is 15.6 Å². The smallest absolute Gasteiger partial charge is 0.276 e. The van der Waals surface area contributed by atoms with Gasteiger partial charge in [0.2, 0.25) is 0 Å². The number of hydrogen-bond acceptors (Lipinski definition) is 3. The van der Waals surface area contributed by atoms with E-state index in [1.165, 1.54) is 6.08 Å². The molecule has 0 aliphatic rings. The highest BCUT2D eigenvalue weighted by Gasteiger charge is 2.07. The van der Waals surface area contributed by atoms with Gasteiger partial charge < -0.3 is 4.74 Å². The third-order valence-electron chi connectivity index (χ3n) is 3.61. The van der Waals surface area contributed by atoms with Crippen molar-refractivity contribution in [2.45, 2.75) is 20.8 Å². The number of nitrogens with one attached hydrogen (secondary N) is 2. The molecule has 0 spiro atoms. The maximum Gasteiger partial charge on any atom is 0.276 e. The number of aryl methyl sites for hydroxylation is 3. The summed E-state index contributed by atoms with van der Waals surface area (Å²) >= 11 is 6.09. The second-order valence-corrected chi connectivity index (χ2v) is 6.32. The van der Waals surface area contributed by atoms with Crippen LogP contribution in [0, 0.1) is 20.8 Å². The molecule has 0 heterocycles. The molecule has 0 fully saturated rings. The first-order chi connectivity index (χ1) is 12.3. The number of hydrazine groups is 1. The number of carbonyl (C=O) groups excluding carboxylic acids is 2. The summed E-state index contributed by atoms with van der Waals surface area (Å²) < 4.78 is 5.42. The van der Waals surface area contributed by atoms with E-state index in [0.29, 0.717) is 10.8 Å². The summed E-state index contributed by atoms with van der Waals surface area (Å²) in [6.45, 7) is 5.50. The van der Waals surface area contributed by atoms with E-state index in [0.717, 1.165) is 22.3 Å². The van der Waals surface area contributed by atoms with Crippen molar-refractivity contribution >= 4 is 29.5 Å². The molecule has 0 bridgehead atoms. The summed E-state index contributed by atoms with van der Waals surface area (Å²) in [6, 6.07) is 11.2. The monoisotopic (exact) mass is 372 g/mol. The molecular weight excluding hydrogens is 352 g/mol. The summed E-state index contributed by atoms with van der Waals surface area (Å²) in [5, 5.41) is 0.675. The summed E-state index contributed by atoms with van der Waals surface area (Å²) in [6.07, 6.45) is 3.01. The lowest BCUT2D eigenvalue weighted by Gasteiger charge is -2.10. The molecule has 0 aliphatic heterocycles. The first-order valence-corrected chi connectivity index (χ1v) is 8.46. The van der Waals surface area contributed by atoms with Crippen LogP contribution in [0.3, 0.4) is 0 Å². The van der Waals surface area contributed by atoms with Crippen LogP contribution in [-0.4, -0.2) is 18.4 Å². The van der Waals surface area contributed by atoms with Gasteiger partial charge in [-0.1, -0.05) is 41.4 Å². The second kappa shape index (κ2) is 9.06. The van der Waals surface area contributed by atoms with Gasteiger partial charge in [-0.15, -0.1) is 0 Å². The molecule has 0 atom stereocenters. The third-order valence-corrected chi connectivity index (χ3v) is 4.21. The van der Waals surface area contributed by atoms with Crippen LogP contribution in [0.1, 0.15) is 22.3 Å². The fourth-order valence-corrected chi connectivity index (χ4v) is 2.31. The van der Waals surface area contributed by atoms with E-state index >= 15 is 0 Å². The van der Waals surface area contributed by atoms with Gasteiger partial charge in [0.25, 0.3) is 11.8 Å². The average molecular weight is 373 g/mol. The zero-order valence-corrected chi connectivity index (χ0v) is 15.7. The van der Waals surface area contributed by atoms with Crippen molar-refractivity contribution in [2.24, 2.45) is 0 Å². The lowest BCUT2D eigenvalue weighted by Crippen LogP contribution is -2.43. The summed E-state index contributed by atoms with van der Waals surface area (Å²) in [5.41, 5.74) is 8.39. The number of amides is 2.